The maximum Gasteiger partial charge on any atom is 0.238 e. The molecule has 0 aliphatic carbocycles. The molecule has 0 atom stereocenters. The fraction of sp³-hybridized carbons (Fsp3) is 0.0377. The molecule has 13 heteroatoms. The van der Waals surface area contributed by atoms with Gasteiger partial charge in [-0.2, -0.15) is 9.97 Å². The van der Waals surface area contributed by atoms with Crippen molar-refractivity contribution < 1.29 is 0 Å². The number of nitrogens with zero attached hydrogens (tertiary/aromatic N) is 5. The molecule has 16 radical (unpaired) electrons. The van der Waals surface area contributed by atoms with Crippen LogP contribution in [0.1, 0.15) is 11.1 Å². The molecule has 290 valence electrons. The van der Waals surface area contributed by atoms with Gasteiger partial charge in [-0.3, -0.25) is 4.57 Å². The lowest BCUT2D eigenvalue weighted by Crippen LogP contribution is -2.55. The zero-order valence-electron chi connectivity index (χ0n) is 36.1. The second kappa shape index (κ2) is 15.8. The molecule has 3 aromatic heterocycles. The van der Waals surface area contributed by atoms with Crippen LogP contribution in [0.2, 0.25) is 0 Å². The number of hydrogen-bond donors (Lipinski definition) is 0. The third-order valence-electron chi connectivity index (χ3n) is 13.0. The van der Waals surface area contributed by atoms with Crippen molar-refractivity contribution in [2.24, 2.45) is 0 Å². The molecule has 0 saturated heterocycles. The van der Waals surface area contributed by atoms with E-state index in [1.807, 2.05) is 117 Å². The van der Waals surface area contributed by atoms with Crippen LogP contribution in [0.15, 0.2) is 140 Å². The predicted molar refractivity (Wildman–Crippen MR) is 283 cm³/mol. The highest BCUT2D eigenvalue weighted by Crippen LogP contribution is 2.45. The number of hydrogen-bond acceptors (Lipinski definition) is 3. The fourth-order valence-electron chi connectivity index (χ4n) is 9.62. The van der Waals surface area contributed by atoms with Gasteiger partial charge in [0.1, 0.15) is 62.8 Å². The summed E-state index contributed by atoms with van der Waals surface area (Å²) in [4.78, 5) is 15.6. The van der Waals surface area contributed by atoms with Crippen molar-refractivity contribution in [2.45, 2.75) is 13.8 Å². The molecule has 0 amide bonds. The molecule has 0 aliphatic rings. The van der Waals surface area contributed by atoms with Crippen LogP contribution in [0.4, 0.5) is 0 Å². The summed E-state index contributed by atoms with van der Waals surface area (Å²) in [6.45, 7) is 3.79. The summed E-state index contributed by atoms with van der Waals surface area (Å²) >= 11 is 0. The minimum absolute atomic E-state index is 0.104. The van der Waals surface area contributed by atoms with Gasteiger partial charge in [-0.25, -0.2) is 4.98 Å². The standard InChI is InChI=1S/C53H29B8N5/c1-26-38(43(56)42(55)27(2)41(26)54)39-34(40-44(57)46(59)48(61)47(60)45(40)58)20-13-23-37(39)65-35-21-11-9-18-30(35)32-24-25-33-31-19-10-12-22-36(31)66(50(33)49(32)65)53-63-51(28-14-5-3-6-15-28)62-52(64-53)29-16-7-4-8-17-29/h3-25H,1-2H3. The van der Waals surface area contributed by atoms with Gasteiger partial charge in [0.25, 0.3) is 0 Å². The second-order valence-corrected chi connectivity index (χ2v) is 16.6. The van der Waals surface area contributed by atoms with Crippen LogP contribution in [0, 0.1) is 13.8 Å². The lowest BCUT2D eigenvalue weighted by atomic mass is 9.59. The topological polar surface area (TPSA) is 48.5 Å². The molecular formula is C53H29B8N5. The highest BCUT2D eigenvalue weighted by Gasteiger charge is 2.28. The van der Waals surface area contributed by atoms with Crippen molar-refractivity contribution in [3.63, 3.8) is 0 Å². The van der Waals surface area contributed by atoms with Crippen molar-refractivity contribution in [2.75, 3.05) is 0 Å². The monoisotopic (exact) mass is 823 g/mol. The van der Waals surface area contributed by atoms with E-state index in [4.69, 9.17) is 77.7 Å². The summed E-state index contributed by atoms with van der Waals surface area (Å²) in [5, 5.41) is 3.97. The summed E-state index contributed by atoms with van der Waals surface area (Å²) in [6, 6.07) is 46.7. The first kappa shape index (κ1) is 41.6. The van der Waals surface area contributed by atoms with E-state index in [-0.39, 0.29) is 27.3 Å². The predicted octanol–water partition coefficient (Wildman–Crippen LogP) is 3.70. The summed E-state index contributed by atoms with van der Waals surface area (Å²) in [7, 11) is 54.2. The smallest absolute Gasteiger partial charge is 0.238 e. The third-order valence-corrected chi connectivity index (χ3v) is 13.0. The van der Waals surface area contributed by atoms with Gasteiger partial charge in [-0.05, 0) is 48.7 Å². The van der Waals surface area contributed by atoms with Crippen molar-refractivity contribution in [1.82, 2.24) is 24.1 Å². The van der Waals surface area contributed by atoms with Gasteiger partial charge in [-0.15, -0.1) is 21.9 Å². The van der Waals surface area contributed by atoms with E-state index in [1.54, 1.807) is 0 Å². The molecule has 0 spiro atoms. The highest BCUT2D eigenvalue weighted by atomic mass is 15.2. The summed E-state index contributed by atoms with van der Waals surface area (Å²) in [5.41, 5.74) is 11.5. The van der Waals surface area contributed by atoms with Gasteiger partial charge in [0.2, 0.25) is 5.95 Å². The third kappa shape index (κ3) is 6.16. The van der Waals surface area contributed by atoms with Gasteiger partial charge in [0.05, 0.1) is 27.8 Å². The first-order valence-corrected chi connectivity index (χ1v) is 21.4. The first-order valence-electron chi connectivity index (χ1n) is 21.4. The fourth-order valence-corrected chi connectivity index (χ4v) is 9.62. The van der Waals surface area contributed by atoms with Crippen LogP contribution in [0.5, 0.6) is 0 Å². The van der Waals surface area contributed by atoms with E-state index in [0.717, 1.165) is 60.4 Å². The number of para-hydroxylation sites is 2. The van der Waals surface area contributed by atoms with E-state index >= 15 is 0 Å². The Labute approximate surface area is 393 Å². The van der Waals surface area contributed by atoms with Crippen LogP contribution >= 0.6 is 0 Å². The maximum atomic E-state index is 7.16. The Morgan fingerprint density at radius 2 is 0.818 bits per heavy atom. The molecule has 3 heterocycles. The van der Waals surface area contributed by atoms with Gasteiger partial charge in [-0.1, -0.05) is 154 Å². The van der Waals surface area contributed by atoms with Gasteiger partial charge in [0.15, 0.2) is 11.6 Å². The molecule has 0 fully saturated rings. The molecule has 11 rings (SSSR count). The number of aromatic nitrogens is 5. The van der Waals surface area contributed by atoms with E-state index < -0.39 is 0 Å². The van der Waals surface area contributed by atoms with Gasteiger partial charge >= 0.3 is 0 Å². The average molecular weight is 822 g/mol. The Bertz CT molecular complexity index is 3710. The minimum atomic E-state index is 0.104. The highest BCUT2D eigenvalue weighted by molar-refractivity contribution is 6.69. The molecule has 66 heavy (non-hydrogen) atoms. The van der Waals surface area contributed by atoms with Crippen molar-refractivity contribution >= 4 is 150 Å². The number of fused-ring (bicyclic) bond motifs is 7. The van der Waals surface area contributed by atoms with Gasteiger partial charge in [0, 0.05) is 38.2 Å². The molecule has 5 nitrogen and oxygen atoms in total. The Balaban J connectivity index is 1.36. The van der Waals surface area contributed by atoms with Crippen LogP contribution in [0.3, 0.4) is 0 Å². The Kier molecular flexibility index (Phi) is 9.96. The van der Waals surface area contributed by atoms with Crippen LogP contribution < -0.4 is 43.7 Å². The normalized spacial score (nSPS) is 11.7. The van der Waals surface area contributed by atoms with E-state index in [2.05, 4.69) is 45.5 Å². The van der Waals surface area contributed by atoms with Crippen LogP contribution in [-0.4, -0.2) is 86.9 Å². The van der Waals surface area contributed by atoms with Crippen LogP contribution in [-0.2, 0) is 0 Å². The summed E-state index contributed by atoms with van der Waals surface area (Å²) < 4.78 is 4.39. The Morgan fingerprint density at radius 3 is 1.38 bits per heavy atom. The average Bonchev–Trinajstić information content (AvgIpc) is 3.88. The number of benzene rings is 8. The Morgan fingerprint density at radius 1 is 0.348 bits per heavy atom. The van der Waals surface area contributed by atoms with Crippen molar-refractivity contribution in [3.05, 3.63) is 151 Å². The first-order chi connectivity index (χ1) is 32.0. The lowest BCUT2D eigenvalue weighted by molar-refractivity contribution is 0.953. The lowest BCUT2D eigenvalue weighted by Gasteiger charge is -2.28. The minimum Gasteiger partial charge on any atom is -0.307 e. The quantitative estimate of drug-likeness (QED) is 0.241. The molecule has 11 aromatic rings. The summed E-state index contributed by atoms with van der Waals surface area (Å²) in [6.07, 6.45) is 0. The largest absolute Gasteiger partial charge is 0.307 e. The zero-order valence-corrected chi connectivity index (χ0v) is 36.1. The molecule has 0 bridgehead atoms. The number of rotatable bonds is 6. The molecule has 8 aromatic carbocycles. The molecule has 0 aliphatic heterocycles. The van der Waals surface area contributed by atoms with E-state index in [1.165, 1.54) is 0 Å². The van der Waals surface area contributed by atoms with E-state index in [9.17, 15) is 0 Å². The van der Waals surface area contributed by atoms with E-state index in [0.29, 0.717) is 67.4 Å². The Hall–Kier alpha value is -7.11. The second-order valence-electron chi connectivity index (χ2n) is 16.6. The van der Waals surface area contributed by atoms with Gasteiger partial charge < -0.3 is 4.57 Å². The van der Waals surface area contributed by atoms with Crippen molar-refractivity contribution in [3.8, 4) is 56.7 Å². The molecular weight excluding hydrogens is 793 g/mol. The molecule has 0 N–H and O–H groups in total. The SMILES string of the molecule is [B]c1c([B])c([B])c(-c2cccc(-n3c4ccccc4c4ccc5c6ccccc6n(-c6nc(-c7ccccc7)nc(-c7ccccc7)n6)c5c43)c2-c2c([B])c([B])c(C)c([B])c2C)c([B])c1[B]. The van der Waals surface area contributed by atoms with Crippen molar-refractivity contribution in [1.29, 1.82) is 0 Å². The molecule has 0 unspecified atom stereocenters. The summed E-state index contributed by atoms with van der Waals surface area (Å²) in [5.74, 6) is 1.51. The van der Waals surface area contributed by atoms with Crippen LogP contribution in [0.25, 0.3) is 100 Å². The maximum absolute atomic E-state index is 7.16. The molecule has 0 saturated carbocycles. The zero-order chi connectivity index (χ0) is 45.7.